The lowest BCUT2D eigenvalue weighted by Crippen LogP contribution is -2.67. The lowest BCUT2D eigenvalue weighted by atomic mass is 10.0. The van der Waals surface area contributed by atoms with E-state index in [0.717, 1.165) is 5.56 Å². The third-order valence-corrected chi connectivity index (χ3v) is 4.77. The number of hydrogen-bond donors (Lipinski definition) is 1. The monoisotopic (exact) mass is 351 g/mol. The summed E-state index contributed by atoms with van der Waals surface area (Å²) in [7, 11) is 0. The van der Waals surface area contributed by atoms with Crippen molar-refractivity contribution in [2.24, 2.45) is 0 Å². The van der Waals surface area contributed by atoms with E-state index in [1.807, 2.05) is 35.2 Å². The summed E-state index contributed by atoms with van der Waals surface area (Å²) in [6, 6.07) is 9.06. The third-order valence-electron chi connectivity index (χ3n) is 4.77. The number of carbonyl (C=O) groups is 2. The molecule has 1 atom stereocenters. The summed E-state index contributed by atoms with van der Waals surface area (Å²) in [5, 5.41) is 9.03. The van der Waals surface area contributed by atoms with Crippen molar-refractivity contribution in [2.45, 2.75) is 18.7 Å². The van der Waals surface area contributed by atoms with Crippen molar-refractivity contribution in [1.29, 1.82) is 0 Å². The van der Waals surface area contributed by atoms with Crippen molar-refractivity contribution < 1.29 is 23.8 Å². The Labute approximate surface area is 145 Å². The van der Waals surface area contributed by atoms with Gasteiger partial charge in [-0.2, -0.15) is 0 Å². The van der Waals surface area contributed by atoms with Crippen molar-refractivity contribution in [1.82, 2.24) is 14.7 Å². The van der Waals surface area contributed by atoms with Gasteiger partial charge in [-0.25, -0.2) is 14.0 Å². The summed E-state index contributed by atoms with van der Waals surface area (Å²) in [5.41, 5.74) is 0.926. The number of carbonyl (C=O) groups excluding carboxylic acids is 1. The van der Waals surface area contributed by atoms with Gasteiger partial charge in [0.25, 0.3) is 0 Å². The molecule has 136 valence electrons. The quantitative estimate of drug-likeness (QED) is 0.893. The summed E-state index contributed by atoms with van der Waals surface area (Å²) in [4.78, 5) is 27.9. The highest BCUT2D eigenvalue weighted by molar-refractivity contribution is 5.69. The summed E-state index contributed by atoms with van der Waals surface area (Å²) in [6.07, 6.45) is -1.39. The molecule has 7 nitrogen and oxygen atoms in total. The van der Waals surface area contributed by atoms with Crippen molar-refractivity contribution in [3.05, 3.63) is 35.9 Å². The normalized spacial score (nSPS) is 21.7. The number of benzene rings is 1. The van der Waals surface area contributed by atoms with E-state index in [9.17, 15) is 14.0 Å². The van der Waals surface area contributed by atoms with E-state index in [2.05, 4.69) is 0 Å². The predicted octanol–water partition coefficient (Wildman–Crippen LogP) is 1.64. The van der Waals surface area contributed by atoms with Gasteiger partial charge in [-0.15, -0.1) is 0 Å². The molecule has 1 aromatic carbocycles. The van der Waals surface area contributed by atoms with Crippen molar-refractivity contribution >= 4 is 12.2 Å². The number of hydrogen-bond acceptors (Lipinski definition) is 4. The summed E-state index contributed by atoms with van der Waals surface area (Å²) in [6.45, 7) is 1.61. The van der Waals surface area contributed by atoms with Crippen LogP contribution < -0.4 is 0 Å². The highest BCUT2D eigenvalue weighted by atomic mass is 19.1. The maximum absolute atomic E-state index is 13.3. The molecule has 8 heteroatoms. The third kappa shape index (κ3) is 4.01. The summed E-state index contributed by atoms with van der Waals surface area (Å²) >= 11 is 0. The number of halogens is 1. The zero-order valence-corrected chi connectivity index (χ0v) is 13.9. The Bertz CT molecular complexity index is 609. The van der Waals surface area contributed by atoms with Gasteiger partial charge in [-0.05, 0) is 5.56 Å². The Morgan fingerprint density at radius 1 is 1.12 bits per heavy atom. The molecule has 1 aromatic rings. The van der Waals surface area contributed by atoms with Crippen LogP contribution in [0.2, 0.25) is 0 Å². The molecule has 0 unspecified atom stereocenters. The highest BCUT2D eigenvalue weighted by Gasteiger charge is 2.41. The molecular weight excluding hydrogens is 329 g/mol. The van der Waals surface area contributed by atoms with Crippen molar-refractivity contribution in [3.63, 3.8) is 0 Å². The molecule has 0 aromatic heterocycles. The van der Waals surface area contributed by atoms with Crippen LogP contribution in [0.3, 0.4) is 0 Å². The molecule has 0 aliphatic carbocycles. The molecule has 2 aliphatic rings. The lowest BCUT2D eigenvalue weighted by molar-refractivity contribution is -0.0300. The molecule has 25 heavy (non-hydrogen) atoms. The number of nitrogens with zero attached hydrogens (tertiary/aromatic N) is 3. The average molecular weight is 351 g/mol. The van der Waals surface area contributed by atoms with Crippen LogP contribution in [0.15, 0.2) is 30.3 Å². The van der Waals surface area contributed by atoms with Crippen LogP contribution in [0.5, 0.6) is 0 Å². The molecule has 0 saturated carbocycles. The SMILES string of the molecule is O=C(O)N1CCN(C2CN(C(=O)OCc3ccccc3)C2)[C@@H](CF)C1. The molecule has 3 rings (SSSR count). The second-order valence-electron chi connectivity index (χ2n) is 6.37. The Hall–Kier alpha value is -2.35. The minimum atomic E-state index is -1.02. The van der Waals surface area contributed by atoms with Crippen LogP contribution in [0, 0.1) is 0 Å². The molecule has 2 amide bonds. The van der Waals surface area contributed by atoms with Gasteiger partial charge in [-0.1, -0.05) is 30.3 Å². The number of rotatable bonds is 4. The van der Waals surface area contributed by atoms with E-state index in [1.54, 1.807) is 4.90 Å². The first-order valence-corrected chi connectivity index (χ1v) is 8.33. The van der Waals surface area contributed by atoms with E-state index in [-0.39, 0.29) is 25.3 Å². The van der Waals surface area contributed by atoms with Gasteiger partial charge in [0.2, 0.25) is 0 Å². The first-order chi connectivity index (χ1) is 12.1. The Kier molecular flexibility index (Phi) is 5.37. The molecular formula is C17H22FN3O4. The number of piperazine rings is 1. The van der Waals surface area contributed by atoms with Gasteiger partial charge in [-0.3, -0.25) is 4.90 Å². The molecule has 2 aliphatic heterocycles. The van der Waals surface area contributed by atoms with Crippen LogP contribution in [-0.4, -0.2) is 83.5 Å². The molecule has 1 N–H and O–H groups in total. The zero-order chi connectivity index (χ0) is 17.8. The largest absolute Gasteiger partial charge is 0.465 e. The first kappa shape index (κ1) is 17.5. The minimum absolute atomic E-state index is 0.0565. The van der Waals surface area contributed by atoms with Gasteiger partial charge >= 0.3 is 12.2 Å². The number of likely N-dealkylation sites (tertiary alicyclic amines) is 1. The average Bonchev–Trinajstić information content (AvgIpc) is 2.59. The summed E-state index contributed by atoms with van der Waals surface area (Å²) in [5.74, 6) is 0. The van der Waals surface area contributed by atoms with Crippen LogP contribution in [0.4, 0.5) is 14.0 Å². The summed E-state index contributed by atoms with van der Waals surface area (Å²) < 4.78 is 18.6. The molecule has 2 saturated heterocycles. The molecule has 0 bridgehead atoms. The van der Waals surface area contributed by atoms with E-state index >= 15 is 0 Å². The van der Waals surface area contributed by atoms with E-state index in [4.69, 9.17) is 9.84 Å². The molecule has 2 fully saturated rings. The Balaban J connectivity index is 1.45. The van der Waals surface area contributed by atoms with Gasteiger partial charge < -0.3 is 19.6 Å². The topological polar surface area (TPSA) is 73.3 Å². The fourth-order valence-corrected chi connectivity index (χ4v) is 3.29. The maximum Gasteiger partial charge on any atom is 0.410 e. The lowest BCUT2D eigenvalue weighted by Gasteiger charge is -2.50. The van der Waals surface area contributed by atoms with Crippen LogP contribution in [0.1, 0.15) is 5.56 Å². The number of carboxylic acid groups (broad SMARTS) is 1. The standard InChI is InChI=1S/C17H22FN3O4/c18-8-14-9-19(16(22)23)6-7-21(14)15-10-20(11-15)17(24)25-12-13-4-2-1-3-5-13/h1-5,14-15H,6-12H2,(H,22,23)/t14-/m0/s1. The van der Waals surface area contributed by atoms with Crippen molar-refractivity contribution in [3.8, 4) is 0 Å². The highest BCUT2D eigenvalue weighted by Crippen LogP contribution is 2.22. The molecule has 0 radical (unpaired) electrons. The fourth-order valence-electron chi connectivity index (χ4n) is 3.29. The molecule has 0 spiro atoms. The second kappa shape index (κ2) is 7.69. The van der Waals surface area contributed by atoms with Crippen molar-refractivity contribution in [2.75, 3.05) is 39.4 Å². The maximum atomic E-state index is 13.3. The number of alkyl halides is 1. The predicted molar refractivity (Wildman–Crippen MR) is 88.1 cm³/mol. The number of ether oxygens (including phenoxy) is 1. The second-order valence-corrected chi connectivity index (χ2v) is 6.37. The number of amides is 2. The van der Waals surface area contributed by atoms with Gasteiger partial charge in [0.15, 0.2) is 0 Å². The fraction of sp³-hybridized carbons (Fsp3) is 0.529. The van der Waals surface area contributed by atoms with Crippen LogP contribution in [0.25, 0.3) is 0 Å². The Morgan fingerprint density at radius 2 is 1.84 bits per heavy atom. The molecule has 2 heterocycles. The van der Waals surface area contributed by atoms with Gasteiger partial charge in [0, 0.05) is 38.8 Å². The first-order valence-electron chi connectivity index (χ1n) is 8.33. The van der Waals surface area contributed by atoms with E-state index in [1.165, 1.54) is 4.90 Å². The van der Waals surface area contributed by atoms with E-state index in [0.29, 0.717) is 26.2 Å². The Morgan fingerprint density at radius 3 is 2.48 bits per heavy atom. The van der Waals surface area contributed by atoms with Gasteiger partial charge in [0.1, 0.15) is 13.3 Å². The smallest absolute Gasteiger partial charge is 0.410 e. The van der Waals surface area contributed by atoms with Crippen LogP contribution >= 0.6 is 0 Å². The van der Waals surface area contributed by atoms with Crippen LogP contribution in [-0.2, 0) is 11.3 Å². The van der Waals surface area contributed by atoms with E-state index < -0.39 is 18.8 Å². The minimum Gasteiger partial charge on any atom is -0.465 e. The van der Waals surface area contributed by atoms with Gasteiger partial charge in [0.05, 0.1) is 6.04 Å². The zero-order valence-electron chi connectivity index (χ0n) is 13.9.